The van der Waals surface area contributed by atoms with Gasteiger partial charge in [0.2, 0.25) is 5.91 Å². The van der Waals surface area contributed by atoms with E-state index >= 15 is 0 Å². The number of hydrogen-bond donors (Lipinski definition) is 2. The summed E-state index contributed by atoms with van der Waals surface area (Å²) in [6.45, 7) is 3.83. The van der Waals surface area contributed by atoms with Crippen LogP contribution in [0.1, 0.15) is 20.3 Å². The number of carbonyl (C=O) groups is 1. The minimum Gasteiger partial charge on any atom is -0.320 e. The van der Waals surface area contributed by atoms with E-state index in [9.17, 15) is 13.6 Å². The number of nitrogens with one attached hydrogen (secondary N) is 1. The minimum absolute atomic E-state index is 0.237. The maximum Gasteiger partial charge on any atom is 0.241 e. The smallest absolute Gasteiger partial charge is 0.241 e. The Kier molecular flexibility index (Phi) is 4.57. The highest BCUT2D eigenvalue weighted by atomic mass is 19.1. The van der Waals surface area contributed by atoms with Gasteiger partial charge in [0, 0.05) is 0 Å². The molecule has 0 fully saturated rings. The van der Waals surface area contributed by atoms with Gasteiger partial charge in [-0.3, -0.25) is 4.79 Å². The average molecular weight is 242 g/mol. The summed E-state index contributed by atoms with van der Waals surface area (Å²) in [5.41, 5.74) is 5.16. The van der Waals surface area contributed by atoms with Crippen LogP contribution in [0.3, 0.4) is 0 Å². The predicted octanol–water partition coefficient (Wildman–Crippen LogP) is 2.28. The van der Waals surface area contributed by atoms with Crippen LogP contribution in [0, 0.1) is 17.6 Å². The molecule has 1 aromatic rings. The molecule has 5 heteroatoms. The first-order valence-electron chi connectivity index (χ1n) is 5.42. The topological polar surface area (TPSA) is 55.1 Å². The van der Waals surface area contributed by atoms with Crippen molar-refractivity contribution >= 4 is 11.6 Å². The molecule has 0 saturated carbocycles. The maximum absolute atomic E-state index is 13.2. The molecule has 0 heterocycles. The summed E-state index contributed by atoms with van der Waals surface area (Å²) in [5.74, 6) is -1.96. The lowest BCUT2D eigenvalue weighted by atomic mass is 10.0. The van der Waals surface area contributed by atoms with Gasteiger partial charge < -0.3 is 11.1 Å². The fourth-order valence-electron chi connectivity index (χ4n) is 1.45. The van der Waals surface area contributed by atoms with Gasteiger partial charge in [-0.2, -0.15) is 0 Å². The fraction of sp³-hybridized carbons (Fsp3) is 0.417. The predicted molar refractivity (Wildman–Crippen MR) is 62.4 cm³/mol. The van der Waals surface area contributed by atoms with E-state index in [1.165, 1.54) is 6.07 Å². The Hall–Kier alpha value is -1.49. The first kappa shape index (κ1) is 13.6. The Morgan fingerprint density at radius 2 is 1.88 bits per heavy atom. The lowest BCUT2D eigenvalue weighted by Gasteiger charge is -2.14. The SMILES string of the molecule is CC(C)C[C@H](N)C(=O)Nc1c(F)cccc1F. The van der Waals surface area contributed by atoms with Crippen molar-refractivity contribution in [1.29, 1.82) is 0 Å². The molecule has 0 aliphatic carbocycles. The van der Waals surface area contributed by atoms with Crippen LogP contribution >= 0.6 is 0 Å². The normalized spacial score (nSPS) is 12.6. The molecule has 94 valence electrons. The first-order chi connectivity index (χ1) is 7.91. The molecule has 0 spiro atoms. The molecule has 0 aliphatic rings. The van der Waals surface area contributed by atoms with Crippen LogP contribution in [-0.2, 0) is 4.79 Å². The third-order valence-electron chi connectivity index (χ3n) is 2.27. The lowest BCUT2D eigenvalue weighted by Crippen LogP contribution is -2.37. The molecule has 1 atom stereocenters. The first-order valence-corrected chi connectivity index (χ1v) is 5.42. The standard InChI is InChI=1S/C12H16F2N2O/c1-7(2)6-10(15)12(17)16-11-8(13)4-3-5-9(11)14/h3-5,7,10H,6,15H2,1-2H3,(H,16,17)/t10-/m0/s1. The van der Waals surface area contributed by atoms with Crippen LogP contribution in [-0.4, -0.2) is 11.9 Å². The van der Waals surface area contributed by atoms with Gasteiger partial charge in [0.15, 0.2) is 0 Å². The number of amides is 1. The Bertz CT molecular complexity index is 387. The highest BCUT2D eigenvalue weighted by molar-refractivity contribution is 5.94. The van der Waals surface area contributed by atoms with Crippen molar-refractivity contribution < 1.29 is 13.6 Å². The van der Waals surface area contributed by atoms with Crippen molar-refractivity contribution in [1.82, 2.24) is 0 Å². The van der Waals surface area contributed by atoms with Crippen molar-refractivity contribution in [2.75, 3.05) is 5.32 Å². The van der Waals surface area contributed by atoms with Crippen molar-refractivity contribution in [2.24, 2.45) is 11.7 Å². The van der Waals surface area contributed by atoms with Crippen LogP contribution in [0.2, 0.25) is 0 Å². The van der Waals surface area contributed by atoms with E-state index < -0.39 is 29.3 Å². The zero-order valence-electron chi connectivity index (χ0n) is 9.84. The van der Waals surface area contributed by atoms with E-state index in [2.05, 4.69) is 5.32 Å². The third kappa shape index (κ3) is 3.78. The highest BCUT2D eigenvalue weighted by Gasteiger charge is 2.18. The zero-order valence-corrected chi connectivity index (χ0v) is 9.84. The van der Waals surface area contributed by atoms with Crippen LogP contribution in [0.15, 0.2) is 18.2 Å². The van der Waals surface area contributed by atoms with Gasteiger partial charge in [-0.05, 0) is 24.5 Å². The van der Waals surface area contributed by atoms with E-state index in [-0.39, 0.29) is 5.92 Å². The number of halogens is 2. The molecule has 0 saturated heterocycles. The summed E-state index contributed by atoms with van der Waals surface area (Å²) < 4.78 is 26.5. The Morgan fingerprint density at radius 1 is 1.35 bits per heavy atom. The molecular formula is C12H16F2N2O. The van der Waals surface area contributed by atoms with Crippen molar-refractivity contribution in [3.63, 3.8) is 0 Å². The quantitative estimate of drug-likeness (QED) is 0.851. The molecule has 3 nitrogen and oxygen atoms in total. The number of anilines is 1. The van der Waals surface area contributed by atoms with Gasteiger partial charge >= 0.3 is 0 Å². The van der Waals surface area contributed by atoms with Crippen molar-refractivity contribution in [2.45, 2.75) is 26.3 Å². The summed E-state index contributed by atoms with van der Waals surface area (Å²) >= 11 is 0. The van der Waals surface area contributed by atoms with Gasteiger partial charge in [-0.25, -0.2) is 8.78 Å². The number of rotatable bonds is 4. The molecule has 0 bridgehead atoms. The van der Waals surface area contributed by atoms with Crippen molar-refractivity contribution in [3.8, 4) is 0 Å². The molecule has 1 aromatic carbocycles. The van der Waals surface area contributed by atoms with E-state index in [1.807, 2.05) is 13.8 Å². The molecular weight excluding hydrogens is 226 g/mol. The van der Waals surface area contributed by atoms with E-state index in [4.69, 9.17) is 5.73 Å². The monoisotopic (exact) mass is 242 g/mol. The summed E-state index contributed by atoms with van der Waals surface area (Å²) in [6, 6.07) is 2.61. The number of para-hydroxylation sites is 1. The Labute approximate surface area is 99.0 Å². The zero-order chi connectivity index (χ0) is 13.0. The lowest BCUT2D eigenvalue weighted by molar-refractivity contribution is -0.117. The molecule has 0 radical (unpaired) electrons. The second-order valence-corrected chi connectivity index (χ2v) is 4.32. The molecule has 17 heavy (non-hydrogen) atoms. The largest absolute Gasteiger partial charge is 0.320 e. The van der Waals surface area contributed by atoms with Gasteiger partial charge in [0.1, 0.15) is 17.3 Å². The summed E-state index contributed by atoms with van der Waals surface area (Å²) in [6.07, 6.45) is 0.460. The summed E-state index contributed by atoms with van der Waals surface area (Å²) in [7, 11) is 0. The maximum atomic E-state index is 13.2. The van der Waals surface area contributed by atoms with E-state index in [1.54, 1.807) is 0 Å². The fourth-order valence-corrected chi connectivity index (χ4v) is 1.45. The molecule has 1 amide bonds. The Balaban J connectivity index is 2.74. The average Bonchev–Trinajstić information content (AvgIpc) is 2.22. The second kappa shape index (κ2) is 5.72. The minimum atomic E-state index is -0.810. The van der Waals surface area contributed by atoms with Crippen LogP contribution < -0.4 is 11.1 Å². The number of nitrogens with two attached hydrogens (primary N) is 1. The number of carbonyl (C=O) groups excluding carboxylic acids is 1. The van der Waals surface area contributed by atoms with E-state index in [0.29, 0.717) is 6.42 Å². The third-order valence-corrected chi connectivity index (χ3v) is 2.27. The molecule has 0 aliphatic heterocycles. The van der Waals surface area contributed by atoms with E-state index in [0.717, 1.165) is 12.1 Å². The Morgan fingerprint density at radius 3 is 2.35 bits per heavy atom. The van der Waals surface area contributed by atoms with Gasteiger partial charge in [0.25, 0.3) is 0 Å². The number of hydrogen-bond acceptors (Lipinski definition) is 2. The molecule has 1 rings (SSSR count). The second-order valence-electron chi connectivity index (χ2n) is 4.32. The van der Waals surface area contributed by atoms with Crippen LogP contribution in [0.25, 0.3) is 0 Å². The molecule has 0 unspecified atom stereocenters. The van der Waals surface area contributed by atoms with Crippen molar-refractivity contribution in [3.05, 3.63) is 29.8 Å². The van der Waals surface area contributed by atoms with Gasteiger partial charge in [-0.1, -0.05) is 19.9 Å². The van der Waals surface area contributed by atoms with Gasteiger partial charge in [-0.15, -0.1) is 0 Å². The van der Waals surface area contributed by atoms with Gasteiger partial charge in [0.05, 0.1) is 6.04 Å². The summed E-state index contributed by atoms with van der Waals surface area (Å²) in [4.78, 5) is 11.6. The van der Waals surface area contributed by atoms with Crippen LogP contribution in [0.4, 0.5) is 14.5 Å². The summed E-state index contributed by atoms with van der Waals surface area (Å²) in [5, 5.41) is 2.17. The molecule has 0 aromatic heterocycles. The highest BCUT2D eigenvalue weighted by Crippen LogP contribution is 2.18. The number of benzene rings is 1. The van der Waals surface area contributed by atoms with Crippen LogP contribution in [0.5, 0.6) is 0 Å². The molecule has 3 N–H and O–H groups in total.